The van der Waals surface area contributed by atoms with E-state index in [9.17, 15) is 4.79 Å². The zero-order chi connectivity index (χ0) is 12.0. The van der Waals surface area contributed by atoms with Crippen LogP contribution >= 0.6 is 0 Å². The molecular formula is C10H20N2O4. The molecule has 6 nitrogen and oxygen atoms in total. The van der Waals surface area contributed by atoms with Gasteiger partial charge in [0.15, 0.2) is 0 Å². The predicted molar refractivity (Wildman–Crippen MR) is 57.8 cm³/mol. The summed E-state index contributed by atoms with van der Waals surface area (Å²) in [7, 11) is 0. The molecule has 16 heavy (non-hydrogen) atoms. The fourth-order valence-corrected chi connectivity index (χ4v) is 1.53. The minimum atomic E-state index is -0.642. The van der Waals surface area contributed by atoms with Crippen molar-refractivity contribution >= 4 is 5.91 Å². The van der Waals surface area contributed by atoms with E-state index in [1.54, 1.807) is 6.92 Å². The van der Waals surface area contributed by atoms with Crippen LogP contribution < -0.4 is 11.1 Å². The number of hydrogen-bond acceptors (Lipinski definition) is 5. The second-order valence-corrected chi connectivity index (χ2v) is 4.13. The molecule has 1 amide bonds. The molecule has 0 bridgehead atoms. The van der Waals surface area contributed by atoms with E-state index in [1.807, 2.05) is 0 Å². The first-order chi connectivity index (χ1) is 7.61. The monoisotopic (exact) mass is 232 g/mol. The lowest BCUT2D eigenvalue weighted by atomic mass is 9.85. The highest BCUT2D eigenvalue weighted by atomic mass is 16.5. The van der Waals surface area contributed by atoms with Crippen molar-refractivity contribution in [3.63, 3.8) is 0 Å². The molecule has 0 saturated carbocycles. The van der Waals surface area contributed by atoms with E-state index in [1.165, 1.54) is 0 Å². The van der Waals surface area contributed by atoms with Crippen LogP contribution in [0.3, 0.4) is 0 Å². The number of rotatable bonds is 6. The Bertz CT molecular complexity index is 237. The van der Waals surface area contributed by atoms with E-state index in [0.29, 0.717) is 26.4 Å². The van der Waals surface area contributed by atoms with Gasteiger partial charge in [-0.1, -0.05) is 0 Å². The molecule has 1 fully saturated rings. The molecule has 2 atom stereocenters. The summed E-state index contributed by atoms with van der Waals surface area (Å²) < 4.78 is 10.2. The van der Waals surface area contributed by atoms with Crippen LogP contribution in [0, 0.1) is 5.41 Å². The number of ether oxygens (including phenoxy) is 2. The Hall–Kier alpha value is -0.690. The van der Waals surface area contributed by atoms with E-state index in [-0.39, 0.29) is 25.2 Å². The molecule has 0 aromatic heterocycles. The topological polar surface area (TPSA) is 93.8 Å². The van der Waals surface area contributed by atoms with Crippen LogP contribution in [0.5, 0.6) is 0 Å². The van der Waals surface area contributed by atoms with Gasteiger partial charge in [0.1, 0.15) is 0 Å². The number of carbonyl (C=O) groups excluding carboxylic acids is 1. The maximum atomic E-state index is 11.8. The lowest BCUT2D eigenvalue weighted by Crippen LogP contribution is -2.50. The van der Waals surface area contributed by atoms with Crippen LogP contribution in [0.1, 0.15) is 6.92 Å². The van der Waals surface area contributed by atoms with Gasteiger partial charge in [-0.15, -0.1) is 0 Å². The van der Waals surface area contributed by atoms with Crippen LogP contribution in [0.4, 0.5) is 0 Å². The van der Waals surface area contributed by atoms with Crippen molar-refractivity contribution in [2.75, 3.05) is 39.6 Å². The lowest BCUT2D eigenvalue weighted by Gasteiger charge is -2.25. The minimum absolute atomic E-state index is 0.00955. The van der Waals surface area contributed by atoms with E-state index < -0.39 is 5.41 Å². The molecule has 4 N–H and O–H groups in total. The highest BCUT2D eigenvalue weighted by Gasteiger charge is 2.44. The Morgan fingerprint density at radius 3 is 3.00 bits per heavy atom. The van der Waals surface area contributed by atoms with Gasteiger partial charge in [0.2, 0.25) is 5.91 Å². The maximum Gasteiger partial charge on any atom is 0.230 e. The third-order valence-corrected chi connectivity index (χ3v) is 2.80. The highest BCUT2D eigenvalue weighted by molar-refractivity contribution is 5.83. The summed E-state index contributed by atoms with van der Waals surface area (Å²) in [6.45, 7) is 3.66. The molecule has 6 heteroatoms. The Labute approximate surface area is 95.1 Å². The molecule has 0 aromatic carbocycles. The van der Waals surface area contributed by atoms with Crippen molar-refractivity contribution in [2.24, 2.45) is 11.1 Å². The van der Waals surface area contributed by atoms with Crippen molar-refractivity contribution in [3.8, 4) is 0 Å². The molecule has 0 radical (unpaired) electrons. The molecule has 1 saturated heterocycles. The number of nitrogens with one attached hydrogen (secondary N) is 1. The van der Waals surface area contributed by atoms with Gasteiger partial charge in [-0.2, -0.15) is 0 Å². The van der Waals surface area contributed by atoms with E-state index >= 15 is 0 Å². The van der Waals surface area contributed by atoms with E-state index in [0.717, 1.165) is 0 Å². The fraction of sp³-hybridized carbons (Fsp3) is 0.900. The highest BCUT2D eigenvalue weighted by Crippen LogP contribution is 2.26. The average Bonchev–Trinajstić information content (AvgIpc) is 2.60. The maximum absolute atomic E-state index is 11.8. The number of carbonyl (C=O) groups is 1. The average molecular weight is 232 g/mol. The quantitative estimate of drug-likeness (QED) is 0.483. The fourth-order valence-electron chi connectivity index (χ4n) is 1.53. The zero-order valence-electron chi connectivity index (χ0n) is 9.57. The molecule has 1 heterocycles. The Balaban J connectivity index is 2.24. The number of nitrogens with two attached hydrogens (primary N) is 1. The van der Waals surface area contributed by atoms with E-state index in [2.05, 4.69) is 5.32 Å². The molecule has 1 aliphatic heterocycles. The van der Waals surface area contributed by atoms with Crippen molar-refractivity contribution in [2.45, 2.75) is 13.0 Å². The van der Waals surface area contributed by atoms with Crippen molar-refractivity contribution in [1.82, 2.24) is 5.32 Å². The number of aliphatic hydroxyl groups is 1. The third-order valence-electron chi connectivity index (χ3n) is 2.80. The van der Waals surface area contributed by atoms with Crippen LogP contribution in [0.15, 0.2) is 0 Å². The third kappa shape index (κ3) is 3.15. The first kappa shape index (κ1) is 13.4. The van der Waals surface area contributed by atoms with Gasteiger partial charge in [0, 0.05) is 12.6 Å². The van der Waals surface area contributed by atoms with Gasteiger partial charge in [0.25, 0.3) is 0 Å². The summed E-state index contributed by atoms with van der Waals surface area (Å²) in [6, 6.07) is -0.258. The van der Waals surface area contributed by atoms with Gasteiger partial charge in [-0.25, -0.2) is 0 Å². The molecule has 2 unspecified atom stereocenters. The van der Waals surface area contributed by atoms with Gasteiger partial charge in [-0.3, -0.25) is 4.79 Å². The van der Waals surface area contributed by atoms with Gasteiger partial charge >= 0.3 is 0 Å². The minimum Gasteiger partial charge on any atom is -0.394 e. The van der Waals surface area contributed by atoms with Crippen LogP contribution in [0.2, 0.25) is 0 Å². The summed E-state index contributed by atoms with van der Waals surface area (Å²) in [5.74, 6) is -0.106. The normalized spacial score (nSPS) is 29.3. The SMILES string of the molecule is CC1(C(=O)NCCOCCO)COCC1N. The smallest absolute Gasteiger partial charge is 0.230 e. The summed E-state index contributed by atoms with van der Waals surface area (Å²) in [6.07, 6.45) is 0. The van der Waals surface area contributed by atoms with Crippen LogP contribution in [0.25, 0.3) is 0 Å². The molecule has 1 aliphatic rings. The Morgan fingerprint density at radius 2 is 2.44 bits per heavy atom. The van der Waals surface area contributed by atoms with E-state index in [4.69, 9.17) is 20.3 Å². The first-order valence-corrected chi connectivity index (χ1v) is 5.41. The van der Waals surface area contributed by atoms with Gasteiger partial charge < -0.3 is 25.6 Å². The van der Waals surface area contributed by atoms with Gasteiger partial charge in [0.05, 0.1) is 38.4 Å². The number of amides is 1. The second-order valence-electron chi connectivity index (χ2n) is 4.13. The van der Waals surface area contributed by atoms with Crippen LogP contribution in [-0.2, 0) is 14.3 Å². The summed E-state index contributed by atoms with van der Waals surface area (Å²) in [4.78, 5) is 11.8. The standard InChI is InChI=1S/C10H20N2O4/c1-10(7-16-6-8(10)11)9(14)12-2-4-15-5-3-13/h8,13H,2-7,11H2,1H3,(H,12,14). The second kappa shape index (κ2) is 6.15. The molecule has 0 aromatic rings. The Morgan fingerprint density at radius 1 is 1.69 bits per heavy atom. The number of aliphatic hydroxyl groups excluding tert-OH is 1. The van der Waals surface area contributed by atoms with Crippen molar-refractivity contribution < 1.29 is 19.4 Å². The molecule has 0 aliphatic carbocycles. The summed E-state index contributed by atoms with van der Waals surface area (Å²) >= 11 is 0. The molecule has 1 rings (SSSR count). The van der Waals surface area contributed by atoms with Gasteiger partial charge in [-0.05, 0) is 6.92 Å². The predicted octanol–water partition coefficient (Wildman–Crippen LogP) is -1.52. The molecule has 94 valence electrons. The Kier molecular flexibility index (Phi) is 5.14. The summed E-state index contributed by atoms with van der Waals surface area (Å²) in [5.41, 5.74) is 5.17. The summed E-state index contributed by atoms with van der Waals surface area (Å²) in [5, 5.41) is 11.2. The lowest BCUT2D eigenvalue weighted by molar-refractivity contribution is -0.130. The zero-order valence-corrected chi connectivity index (χ0v) is 9.57. The van der Waals surface area contributed by atoms with Crippen molar-refractivity contribution in [3.05, 3.63) is 0 Å². The van der Waals surface area contributed by atoms with Crippen molar-refractivity contribution in [1.29, 1.82) is 0 Å². The molecular weight excluding hydrogens is 212 g/mol. The first-order valence-electron chi connectivity index (χ1n) is 5.41. The molecule has 0 spiro atoms. The largest absolute Gasteiger partial charge is 0.394 e. The number of hydrogen-bond donors (Lipinski definition) is 3. The van der Waals surface area contributed by atoms with Crippen LogP contribution in [-0.4, -0.2) is 56.6 Å².